The highest BCUT2D eigenvalue weighted by Crippen LogP contribution is 2.23. The predicted octanol–water partition coefficient (Wildman–Crippen LogP) is 3.46. The van der Waals surface area contributed by atoms with E-state index in [1.807, 2.05) is 12.1 Å². The summed E-state index contributed by atoms with van der Waals surface area (Å²) in [6.07, 6.45) is 2.54. The Morgan fingerprint density at radius 2 is 2.04 bits per heavy atom. The molecule has 1 N–H and O–H groups in total. The van der Waals surface area contributed by atoms with Gasteiger partial charge in [-0.25, -0.2) is 13.1 Å². The number of anilines is 1. The molecule has 1 aromatic carbocycles. The fourth-order valence-corrected chi connectivity index (χ4v) is 4.97. The van der Waals surface area contributed by atoms with Crippen LogP contribution in [0.1, 0.15) is 25.3 Å². The van der Waals surface area contributed by atoms with Gasteiger partial charge in [-0.3, -0.25) is 0 Å². The van der Waals surface area contributed by atoms with E-state index in [4.69, 9.17) is 0 Å². The second kappa shape index (κ2) is 7.03. The minimum atomic E-state index is -3.39. The molecule has 1 fully saturated rings. The lowest BCUT2D eigenvalue weighted by Crippen LogP contribution is -2.34. The van der Waals surface area contributed by atoms with Crippen LogP contribution in [0.5, 0.6) is 0 Å². The van der Waals surface area contributed by atoms with Crippen LogP contribution in [0.3, 0.4) is 0 Å². The number of hydrogen-bond donors (Lipinski definition) is 1. The summed E-state index contributed by atoms with van der Waals surface area (Å²) in [6.45, 7) is 4.82. The van der Waals surface area contributed by atoms with Crippen molar-refractivity contribution in [2.45, 2.75) is 30.5 Å². The molecule has 4 nitrogen and oxygen atoms in total. The van der Waals surface area contributed by atoms with Crippen LogP contribution in [0.2, 0.25) is 0 Å². The average Bonchev–Trinajstić information content (AvgIpc) is 3.09. The Balaban J connectivity index is 1.62. The molecule has 124 valence electrons. The lowest BCUT2D eigenvalue weighted by molar-refractivity contribution is 0.447. The fourth-order valence-electron chi connectivity index (χ4n) is 2.91. The zero-order valence-corrected chi connectivity index (χ0v) is 14.9. The standard InChI is InChI=1S/C17H22N2O2S2/c1-14-4-2-10-19(13-14)16-8-6-15(7-9-16)12-18-23(20,21)17-5-3-11-22-17/h3,5-9,11,14,18H,2,4,10,12-13H2,1H3. The van der Waals surface area contributed by atoms with Crippen LogP contribution < -0.4 is 9.62 Å². The molecule has 2 heterocycles. The number of benzene rings is 1. The highest BCUT2D eigenvalue weighted by molar-refractivity contribution is 7.91. The lowest BCUT2D eigenvalue weighted by Gasteiger charge is -2.32. The second-order valence-corrected chi connectivity index (χ2v) is 9.06. The predicted molar refractivity (Wildman–Crippen MR) is 95.4 cm³/mol. The number of thiophene rings is 1. The van der Waals surface area contributed by atoms with E-state index in [0.717, 1.165) is 24.6 Å². The monoisotopic (exact) mass is 350 g/mol. The maximum Gasteiger partial charge on any atom is 0.250 e. The molecular weight excluding hydrogens is 328 g/mol. The van der Waals surface area contributed by atoms with Crippen LogP contribution in [0.4, 0.5) is 5.69 Å². The molecule has 1 unspecified atom stereocenters. The number of sulfonamides is 1. The summed E-state index contributed by atoms with van der Waals surface area (Å²) in [5.74, 6) is 0.737. The van der Waals surface area contributed by atoms with Crippen molar-refractivity contribution in [3.63, 3.8) is 0 Å². The number of piperidine rings is 1. The Bertz CT molecular complexity index is 724. The van der Waals surface area contributed by atoms with E-state index in [1.165, 1.54) is 29.9 Å². The highest BCUT2D eigenvalue weighted by Gasteiger charge is 2.17. The highest BCUT2D eigenvalue weighted by atomic mass is 32.2. The first-order chi connectivity index (χ1) is 11.0. The van der Waals surface area contributed by atoms with E-state index in [1.54, 1.807) is 17.5 Å². The van der Waals surface area contributed by atoms with Gasteiger partial charge in [-0.1, -0.05) is 25.1 Å². The third-order valence-electron chi connectivity index (χ3n) is 4.18. The minimum Gasteiger partial charge on any atom is -0.371 e. The van der Waals surface area contributed by atoms with Gasteiger partial charge in [0.1, 0.15) is 4.21 Å². The molecule has 1 saturated heterocycles. The smallest absolute Gasteiger partial charge is 0.250 e. The molecule has 3 rings (SSSR count). The van der Waals surface area contributed by atoms with Crippen molar-refractivity contribution in [2.24, 2.45) is 5.92 Å². The van der Waals surface area contributed by atoms with E-state index < -0.39 is 10.0 Å². The van der Waals surface area contributed by atoms with Crippen molar-refractivity contribution >= 4 is 27.0 Å². The van der Waals surface area contributed by atoms with Gasteiger partial charge in [-0.05, 0) is 47.9 Å². The molecule has 1 aliphatic rings. The van der Waals surface area contributed by atoms with E-state index in [9.17, 15) is 8.42 Å². The zero-order chi connectivity index (χ0) is 16.3. The SMILES string of the molecule is CC1CCCN(c2ccc(CNS(=O)(=O)c3cccs3)cc2)C1. The summed E-state index contributed by atoms with van der Waals surface area (Å²) in [6, 6.07) is 11.6. The molecule has 0 radical (unpaired) electrons. The number of rotatable bonds is 5. The molecule has 1 aliphatic heterocycles. The summed E-state index contributed by atoms with van der Waals surface area (Å²) < 4.78 is 27.2. The van der Waals surface area contributed by atoms with Crippen LogP contribution in [0.15, 0.2) is 46.0 Å². The van der Waals surface area contributed by atoms with E-state index in [0.29, 0.717) is 10.8 Å². The lowest BCUT2D eigenvalue weighted by atomic mass is 9.99. The van der Waals surface area contributed by atoms with Crippen molar-refractivity contribution in [3.05, 3.63) is 47.3 Å². The van der Waals surface area contributed by atoms with Crippen LogP contribution in [-0.2, 0) is 16.6 Å². The molecule has 0 spiro atoms. The summed E-state index contributed by atoms with van der Waals surface area (Å²) in [5.41, 5.74) is 2.19. The molecule has 6 heteroatoms. The van der Waals surface area contributed by atoms with Crippen molar-refractivity contribution in [2.75, 3.05) is 18.0 Å². The largest absolute Gasteiger partial charge is 0.371 e. The van der Waals surface area contributed by atoms with Gasteiger partial charge in [0.05, 0.1) is 0 Å². The minimum absolute atomic E-state index is 0.316. The van der Waals surface area contributed by atoms with Crippen molar-refractivity contribution in [1.82, 2.24) is 4.72 Å². The first-order valence-electron chi connectivity index (χ1n) is 7.92. The van der Waals surface area contributed by atoms with Crippen LogP contribution in [0.25, 0.3) is 0 Å². The summed E-state index contributed by atoms with van der Waals surface area (Å²) in [4.78, 5) is 2.41. The Morgan fingerprint density at radius 3 is 2.70 bits per heavy atom. The van der Waals surface area contributed by atoms with Crippen molar-refractivity contribution < 1.29 is 8.42 Å². The quantitative estimate of drug-likeness (QED) is 0.898. The molecule has 1 aromatic heterocycles. The molecule has 0 saturated carbocycles. The topological polar surface area (TPSA) is 49.4 Å². The molecular formula is C17H22N2O2S2. The Morgan fingerprint density at radius 1 is 1.26 bits per heavy atom. The number of nitrogens with one attached hydrogen (secondary N) is 1. The van der Waals surface area contributed by atoms with Gasteiger partial charge in [0.2, 0.25) is 10.0 Å². The zero-order valence-electron chi connectivity index (χ0n) is 13.2. The third kappa shape index (κ3) is 4.13. The maximum atomic E-state index is 12.1. The van der Waals surface area contributed by atoms with E-state index >= 15 is 0 Å². The fraction of sp³-hybridized carbons (Fsp3) is 0.412. The molecule has 2 aromatic rings. The second-order valence-electron chi connectivity index (χ2n) is 6.12. The first-order valence-corrected chi connectivity index (χ1v) is 10.3. The summed E-state index contributed by atoms with van der Waals surface area (Å²) >= 11 is 1.23. The van der Waals surface area contributed by atoms with Gasteiger partial charge in [0.15, 0.2) is 0 Å². The number of nitrogens with zero attached hydrogens (tertiary/aromatic N) is 1. The summed E-state index contributed by atoms with van der Waals surface area (Å²) in [7, 11) is -3.39. The van der Waals surface area contributed by atoms with Gasteiger partial charge in [0, 0.05) is 25.3 Å². The van der Waals surface area contributed by atoms with E-state index in [-0.39, 0.29) is 0 Å². The Hall–Kier alpha value is -1.37. The molecule has 23 heavy (non-hydrogen) atoms. The van der Waals surface area contributed by atoms with Crippen molar-refractivity contribution in [1.29, 1.82) is 0 Å². The van der Waals surface area contributed by atoms with Gasteiger partial charge >= 0.3 is 0 Å². The molecule has 0 amide bonds. The Kier molecular flexibility index (Phi) is 5.04. The van der Waals surface area contributed by atoms with Gasteiger partial charge in [-0.2, -0.15) is 0 Å². The Labute approximate surface area is 142 Å². The van der Waals surface area contributed by atoms with Gasteiger partial charge < -0.3 is 4.90 Å². The molecule has 0 bridgehead atoms. The molecule has 1 atom stereocenters. The van der Waals surface area contributed by atoms with Crippen LogP contribution in [0, 0.1) is 5.92 Å². The number of hydrogen-bond acceptors (Lipinski definition) is 4. The molecule has 0 aliphatic carbocycles. The van der Waals surface area contributed by atoms with E-state index in [2.05, 4.69) is 28.7 Å². The summed E-state index contributed by atoms with van der Waals surface area (Å²) in [5, 5.41) is 1.77. The average molecular weight is 351 g/mol. The van der Waals surface area contributed by atoms with Crippen LogP contribution >= 0.6 is 11.3 Å². The van der Waals surface area contributed by atoms with Crippen LogP contribution in [-0.4, -0.2) is 21.5 Å². The van der Waals surface area contributed by atoms with Crippen molar-refractivity contribution in [3.8, 4) is 0 Å². The maximum absolute atomic E-state index is 12.1. The first kappa shape index (κ1) is 16.5. The normalized spacial score (nSPS) is 19.0. The van der Waals surface area contributed by atoms with Gasteiger partial charge in [-0.15, -0.1) is 11.3 Å². The van der Waals surface area contributed by atoms with Gasteiger partial charge in [0.25, 0.3) is 0 Å². The third-order valence-corrected chi connectivity index (χ3v) is 6.98.